The molecule has 2 aromatic heterocycles. The maximum atomic E-state index is 14.4. The number of imidazole rings is 1. The first-order valence-corrected chi connectivity index (χ1v) is 14.3. The predicted octanol–water partition coefficient (Wildman–Crippen LogP) is 4.69. The Morgan fingerprint density at radius 2 is 1.84 bits per heavy atom. The fraction of sp³-hybridized carbons (Fsp3) is 0.500. The number of piperidine rings is 1. The van der Waals surface area contributed by atoms with Crippen LogP contribution in [0.5, 0.6) is 0 Å². The third kappa shape index (κ3) is 6.63. The van der Waals surface area contributed by atoms with E-state index in [4.69, 9.17) is 9.47 Å². The van der Waals surface area contributed by atoms with Crippen LogP contribution in [0.2, 0.25) is 0 Å². The molecule has 0 spiro atoms. The third-order valence-corrected chi connectivity index (χ3v) is 8.35. The minimum Gasteiger partial charge on any atom is -0.468 e. The second-order valence-corrected chi connectivity index (χ2v) is 11.6. The minimum atomic E-state index is -3.34. The molecule has 2 N–H and O–H groups in total. The number of nitrogens with one attached hydrogen (secondary N) is 2. The smallest absolute Gasteiger partial charge is 0.408 e. The lowest BCUT2D eigenvalue weighted by Gasteiger charge is -2.37. The summed E-state index contributed by atoms with van der Waals surface area (Å²) >= 11 is 0. The number of aromatic nitrogens is 3. The largest absolute Gasteiger partial charge is 0.468 e. The van der Waals surface area contributed by atoms with Crippen molar-refractivity contribution in [3.63, 3.8) is 0 Å². The van der Waals surface area contributed by atoms with Crippen LogP contribution in [0.1, 0.15) is 60.7 Å². The maximum absolute atomic E-state index is 14.4. The van der Waals surface area contributed by atoms with Crippen LogP contribution in [0.3, 0.4) is 0 Å². The molecule has 10 nitrogen and oxygen atoms in total. The van der Waals surface area contributed by atoms with Crippen molar-refractivity contribution < 1.29 is 41.4 Å². The summed E-state index contributed by atoms with van der Waals surface area (Å²) < 4.78 is 68.4. The molecule has 3 aromatic rings. The SMILES string of the molecule is COC(=O)C1(Cc2nn3cc([C@@H](NC(=O)OCc4ccccc4)C4CCC(F)(F)CC4)nc3cc2C)CC(F)(F)CNC1=O. The highest BCUT2D eigenvalue weighted by molar-refractivity contribution is 6.03. The van der Waals surface area contributed by atoms with Crippen LogP contribution in [0.25, 0.3) is 5.65 Å². The molecule has 2 amide bonds. The van der Waals surface area contributed by atoms with Gasteiger partial charge in [-0.1, -0.05) is 30.3 Å². The lowest BCUT2D eigenvalue weighted by Crippen LogP contribution is -2.59. The van der Waals surface area contributed by atoms with Crippen LogP contribution in [0, 0.1) is 18.3 Å². The first kappa shape index (κ1) is 31.2. The van der Waals surface area contributed by atoms with E-state index in [1.54, 1.807) is 37.3 Å². The normalized spacial score (nSPS) is 22.2. The van der Waals surface area contributed by atoms with Crippen molar-refractivity contribution in [3.8, 4) is 0 Å². The van der Waals surface area contributed by atoms with Crippen molar-refractivity contribution >= 4 is 23.6 Å². The highest BCUT2D eigenvalue weighted by Crippen LogP contribution is 2.42. The van der Waals surface area contributed by atoms with E-state index in [2.05, 4.69) is 20.7 Å². The van der Waals surface area contributed by atoms with Gasteiger partial charge < -0.3 is 20.1 Å². The molecule has 1 aliphatic carbocycles. The summed E-state index contributed by atoms with van der Waals surface area (Å²) in [6.45, 7) is 0.753. The quantitative estimate of drug-likeness (QED) is 0.213. The van der Waals surface area contributed by atoms with Crippen LogP contribution in [-0.4, -0.2) is 58.1 Å². The number of fused-ring (bicyclic) bond motifs is 1. The molecule has 2 atom stereocenters. The number of aryl methyl sites for hydroxylation is 1. The number of hydrogen-bond acceptors (Lipinski definition) is 7. The van der Waals surface area contributed by atoms with E-state index in [1.807, 2.05) is 6.07 Å². The summed E-state index contributed by atoms with van der Waals surface area (Å²) in [5, 5.41) is 9.40. The molecule has 1 aliphatic heterocycles. The second-order valence-electron chi connectivity index (χ2n) is 11.6. The number of methoxy groups -OCH3 is 1. The van der Waals surface area contributed by atoms with Crippen molar-refractivity contribution in [2.24, 2.45) is 11.3 Å². The number of alkyl halides is 4. The van der Waals surface area contributed by atoms with E-state index in [-0.39, 0.29) is 43.9 Å². The Bertz CT molecular complexity index is 1530. The number of nitrogens with zero attached hydrogens (tertiary/aromatic N) is 3. The van der Waals surface area contributed by atoms with Crippen molar-refractivity contribution in [2.45, 2.75) is 69.9 Å². The average molecular weight is 620 g/mol. The number of hydrogen-bond donors (Lipinski definition) is 2. The van der Waals surface area contributed by atoms with E-state index < -0.39 is 60.7 Å². The number of ether oxygens (including phenoxy) is 2. The summed E-state index contributed by atoms with van der Waals surface area (Å²) in [5.41, 5.74) is -0.105. The Morgan fingerprint density at radius 3 is 2.52 bits per heavy atom. The summed E-state index contributed by atoms with van der Waals surface area (Å²) in [6, 6.07) is 9.85. The van der Waals surface area contributed by atoms with E-state index in [0.717, 1.165) is 12.7 Å². The van der Waals surface area contributed by atoms with Crippen molar-refractivity contribution in [3.05, 3.63) is 65.1 Å². The van der Waals surface area contributed by atoms with Gasteiger partial charge in [-0.25, -0.2) is 31.9 Å². The van der Waals surface area contributed by atoms with Gasteiger partial charge in [0.15, 0.2) is 11.1 Å². The van der Waals surface area contributed by atoms with Gasteiger partial charge in [0.05, 0.1) is 37.3 Å². The fourth-order valence-corrected chi connectivity index (χ4v) is 5.94. The number of halogens is 4. The molecule has 0 bridgehead atoms. The molecule has 236 valence electrons. The molecule has 0 radical (unpaired) electrons. The Labute approximate surface area is 250 Å². The van der Waals surface area contributed by atoms with Crippen molar-refractivity contribution in [2.75, 3.05) is 13.7 Å². The zero-order valence-corrected chi connectivity index (χ0v) is 24.2. The minimum absolute atomic E-state index is 0.00593. The molecule has 14 heteroatoms. The Morgan fingerprint density at radius 1 is 1.14 bits per heavy atom. The number of esters is 1. The zero-order chi connectivity index (χ0) is 31.7. The van der Waals surface area contributed by atoms with Gasteiger partial charge in [-0.15, -0.1) is 0 Å². The maximum Gasteiger partial charge on any atom is 0.408 e. The lowest BCUT2D eigenvalue weighted by atomic mass is 9.74. The summed E-state index contributed by atoms with van der Waals surface area (Å²) in [5.74, 6) is -8.49. The summed E-state index contributed by atoms with van der Waals surface area (Å²) in [7, 11) is 1.02. The molecule has 3 heterocycles. The van der Waals surface area contributed by atoms with Gasteiger partial charge in [-0.2, -0.15) is 5.10 Å². The Kier molecular flexibility index (Phi) is 8.54. The third-order valence-electron chi connectivity index (χ3n) is 8.35. The molecule has 5 rings (SSSR count). The molecule has 1 aromatic carbocycles. The van der Waals surface area contributed by atoms with Gasteiger partial charge >= 0.3 is 12.1 Å². The van der Waals surface area contributed by atoms with Crippen LogP contribution < -0.4 is 10.6 Å². The molecule has 1 unspecified atom stereocenters. The molecule has 2 aliphatic rings. The van der Waals surface area contributed by atoms with Crippen molar-refractivity contribution in [1.82, 2.24) is 25.2 Å². The van der Waals surface area contributed by atoms with Crippen LogP contribution >= 0.6 is 0 Å². The molecule has 1 saturated carbocycles. The number of amides is 2. The van der Waals surface area contributed by atoms with Gasteiger partial charge in [-0.3, -0.25) is 9.59 Å². The van der Waals surface area contributed by atoms with Crippen LogP contribution in [-0.2, 0) is 32.1 Å². The van der Waals surface area contributed by atoms with E-state index >= 15 is 0 Å². The Hall–Kier alpha value is -4.23. The molecule has 1 saturated heterocycles. The molecular formula is C30H33F4N5O5. The second kappa shape index (κ2) is 12.0. The lowest BCUT2D eigenvalue weighted by molar-refractivity contribution is -0.172. The highest BCUT2D eigenvalue weighted by Gasteiger charge is 2.57. The number of carbonyl (C=O) groups excluding carboxylic acids is 3. The topological polar surface area (TPSA) is 124 Å². The predicted molar refractivity (Wildman–Crippen MR) is 148 cm³/mol. The van der Waals surface area contributed by atoms with Gasteiger partial charge in [0.2, 0.25) is 11.8 Å². The average Bonchev–Trinajstić information content (AvgIpc) is 3.39. The molecular weight excluding hydrogens is 586 g/mol. The summed E-state index contributed by atoms with van der Waals surface area (Å²) in [6.07, 6.45) is -1.16. The Balaban J connectivity index is 1.44. The van der Waals surface area contributed by atoms with Crippen molar-refractivity contribution in [1.29, 1.82) is 0 Å². The van der Waals surface area contributed by atoms with Crippen LogP contribution in [0.4, 0.5) is 22.4 Å². The van der Waals surface area contributed by atoms with E-state index in [0.29, 0.717) is 16.9 Å². The first-order chi connectivity index (χ1) is 20.8. The standard InChI is InChI=1S/C30H33F4N5O5/c1-18-12-23-36-22(14-39(23)38-21(18)13-28(26(41)43-2)16-30(33,34)17-35-25(28)40)24(20-8-10-29(31,32)11-9-20)37-27(42)44-15-19-6-4-3-5-7-19/h3-7,12,14,20,24H,8-11,13,15-17H2,1-2H3,(H,35,40)(H,37,42)/t24-,28?/m0/s1. The monoisotopic (exact) mass is 619 g/mol. The first-order valence-electron chi connectivity index (χ1n) is 14.3. The van der Waals surface area contributed by atoms with E-state index in [1.165, 1.54) is 10.7 Å². The molecule has 44 heavy (non-hydrogen) atoms. The molecule has 2 fully saturated rings. The number of alkyl carbamates (subject to hydrolysis) is 1. The van der Waals surface area contributed by atoms with Gasteiger partial charge in [0.1, 0.15) is 6.61 Å². The van der Waals surface area contributed by atoms with Gasteiger partial charge in [0, 0.05) is 25.7 Å². The fourth-order valence-electron chi connectivity index (χ4n) is 5.94. The van der Waals surface area contributed by atoms with Crippen LogP contribution in [0.15, 0.2) is 42.6 Å². The highest BCUT2D eigenvalue weighted by atomic mass is 19.3. The number of rotatable bonds is 8. The number of carbonyl (C=O) groups is 3. The van der Waals surface area contributed by atoms with E-state index in [9.17, 15) is 31.9 Å². The van der Waals surface area contributed by atoms with Gasteiger partial charge in [-0.05, 0) is 42.9 Å². The zero-order valence-electron chi connectivity index (χ0n) is 24.2. The summed E-state index contributed by atoms with van der Waals surface area (Å²) in [4.78, 5) is 43.1. The number of benzene rings is 1. The van der Waals surface area contributed by atoms with Gasteiger partial charge in [0.25, 0.3) is 5.92 Å².